The van der Waals surface area contributed by atoms with E-state index in [2.05, 4.69) is 92.0 Å². The summed E-state index contributed by atoms with van der Waals surface area (Å²) in [5.41, 5.74) is 4.16. The molecule has 4 aromatic rings. The normalized spacial score (nSPS) is 13.5. The highest BCUT2D eigenvalue weighted by Crippen LogP contribution is 2.02. The van der Waals surface area contributed by atoms with Gasteiger partial charge in [0.05, 0.1) is 30.7 Å². The summed E-state index contributed by atoms with van der Waals surface area (Å²) in [5.74, 6) is 2.33. The molecule has 0 saturated heterocycles. The van der Waals surface area contributed by atoms with Crippen molar-refractivity contribution in [2.75, 3.05) is 13.1 Å². The Morgan fingerprint density at radius 1 is 0.784 bits per heavy atom. The first-order valence-electron chi connectivity index (χ1n) is 16.2. The summed E-state index contributed by atoms with van der Waals surface area (Å²) in [7, 11) is 3.54. The number of hydrogen-bond donors (Lipinski definition) is 0. The number of amidine groups is 1. The van der Waals surface area contributed by atoms with Crippen molar-refractivity contribution in [2.45, 2.75) is 89.3 Å². The SMILES string of the molecule is CC.CC.CC1=CN=NC1.CC1=NC(C)N=N1.CC1=NN=NC1.Cc1cccnn1.Cc1cnccn1.Cc1nnn(C)n1.Cc1nnnn1C. The third-order valence-corrected chi connectivity index (χ3v) is 4.84. The number of azo groups is 2. The smallest absolute Gasteiger partial charge is 0.171 e. The molecule has 0 aromatic carbocycles. The molecule has 7 heterocycles. The molecule has 20 nitrogen and oxygen atoms in total. The van der Waals surface area contributed by atoms with Crippen molar-refractivity contribution in [1.29, 1.82) is 0 Å². The van der Waals surface area contributed by atoms with Gasteiger partial charge >= 0.3 is 0 Å². The maximum Gasteiger partial charge on any atom is 0.171 e. The van der Waals surface area contributed by atoms with Gasteiger partial charge in [0.25, 0.3) is 0 Å². The van der Waals surface area contributed by atoms with Crippen LogP contribution in [0.5, 0.6) is 0 Å². The van der Waals surface area contributed by atoms with E-state index in [-0.39, 0.29) is 6.17 Å². The maximum absolute atomic E-state index is 3.97. The van der Waals surface area contributed by atoms with Gasteiger partial charge < -0.3 is 0 Å². The molecule has 1 unspecified atom stereocenters. The molecular weight excluding hydrogens is 652 g/mol. The first-order valence-corrected chi connectivity index (χ1v) is 16.2. The number of hydrogen-bond acceptors (Lipinski definition) is 18. The Balaban J connectivity index is 0. The van der Waals surface area contributed by atoms with Crippen LogP contribution in [0.3, 0.4) is 0 Å². The Hall–Kier alpha value is -5.82. The van der Waals surface area contributed by atoms with Gasteiger partial charge in [-0.2, -0.15) is 35.5 Å². The van der Waals surface area contributed by atoms with Crippen molar-refractivity contribution in [3.05, 3.63) is 71.7 Å². The van der Waals surface area contributed by atoms with Gasteiger partial charge in [-0.1, -0.05) is 27.7 Å². The van der Waals surface area contributed by atoms with Crippen LogP contribution >= 0.6 is 0 Å². The number of aromatic nitrogens is 12. The molecule has 0 saturated carbocycles. The highest BCUT2D eigenvalue weighted by molar-refractivity contribution is 5.84. The van der Waals surface area contributed by atoms with E-state index in [9.17, 15) is 0 Å². The van der Waals surface area contributed by atoms with Crippen LogP contribution < -0.4 is 0 Å². The zero-order valence-corrected chi connectivity index (χ0v) is 32.5. The standard InChI is InChI=1S/2C5H6N2.C4H7N3.C4H6N2.2C3H6N4.C3H5N3.2C2H6/c1-5-4-6-2-3-7-5;1-5-3-2-4-6-7-5;1-3-5-4(2)7-6-3;1-4-2-5-6-3-4;1-3-4-5-6-7(3)2;1-3-4-6-7(2)5-3;1-3-2-4-6-5-3;2*1-2/h2*2-4H,1H3;3H,1-2H3;2H,3H2,1H3;2*1-2H3;2H2,1H3;2*1-2H3. The van der Waals surface area contributed by atoms with Crippen molar-refractivity contribution >= 4 is 11.5 Å². The van der Waals surface area contributed by atoms with Gasteiger partial charge in [-0.3, -0.25) is 9.97 Å². The van der Waals surface area contributed by atoms with Crippen LogP contribution in [0.15, 0.2) is 89.6 Å². The lowest BCUT2D eigenvalue weighted by Crippen LogP contribution is -1.92. The first-order chi connectivity index (χ1) is 24.5. The number of rotatable bonds is 0. The van der Waals surface area contributed by atoms with Crippen LogP contribution in [0.4, 0.5) is 0 Å². The van der Waals surface area contributed by atoms with Gasteiger partial charge in [-0.25, -0.2) is 9.67 Å². The van der Waals surface area contributed by atoms with Crippen molar-refractivity contribution in [2.24, 2.45) is 55.0 Å². The molecule has 3 aliphatic rings. The molecular formula is C31H54N20. The highest BCUT2D eigenvalue weighted by atomic mass is 15.6. The van der Waals surface area contributed by atoms with E-state index in [1.165, 1.54) is 10.4 Å². The molecule has 20 heteroatoms. The predicted octanol–water partition coefficient (Wildman–Crippen LogP) is 6.06. The van der Waals surface area contributed by atoms with Gasteiger partial charge in [0, 0.05) is 38.0 Å². The molecule has 0 fully saturated rings. The quantitative estimate of drug-likeness (QED) is 0.205. The van der Waals surface area contributed by atoms with Crippen LogP contribution in [0.25, 0.3) is 0 Å². The van der Waals surface area contributed by atoms with E-state index in [0.29, 0.717) is 12.4 Å². The average Bonchev–Trinajstić information content (AvgIpc) is 4.00. The summed E-state index contributed by atoms with van der Waals surface area (Å²) in [4.78, 5) is 13.1. The summed E-state index contributed by atoms with van der Waals surface area (Å²) in [6.07, 6.45) is 8.56. The Kier molecular flexibility index (Phi) is 29.2. The van der Waals surface area contributed by atoms with Crippen LogP contribution in [-0.4, -0.2) is 91.4 Å². The van der Waals surface area contributed by atoms with Crippen LogP contribution in [0, 0.1) is 27.7 Å². The van der Waals surface area contributed by atoms with E-state index in [0.717, 1.165) is 35.3 Å². The monoisotopic (exact) mass is 706 g/mol. The summed E-state index contributed by atoms with van der Waals surface area (Å²) in [6, 6.07) is 3.77. The zero-order valence-electron chi connectivity index (χ0n) is 32.5. The van der Waals surface area contributed by atoms with E-state index >= 15 is 0 Å². The molecule has 0 N–H and O–H groups in total. The number of nitrogens with zero attached hydrogens (tertiary/aromatic N) is 20. The molecule has 51 heavy (non-hydrogen) atoms. The second kappa shape index (κ2) is 31.4. The summed E-state index contributed by atoms with van der Waals surface area (Å²) in [6.45, 7) is 24.6. The molecule has 3 aliphatic heterocycles. The Labute approximate surface area is 301 Å². The van der Waals surface area contributed by atoms with Gasteiger partial charge in [-0.05, 0) is 94.0 Å². The minimum absolute atomic E-state index is 0.0694. The molecule has 0 spiro atoms. The minimum Gasteiger partial charge on any atom is -0.261 e. The summed E-state index contributed by atoms with van der Waals surface area (Å²) < 4.78 is 1.61. The zero-order chi connectivity index (χ0) is 38.9. The topological polar surface area (TPSA) is 238 Å². The van der Waals surface area contributed by atoms with Crippen molar-refractivity contribution in [3.63, 3.8) is 0 Å². The number of aliphatic imine (C=N–C) groups is 1. The van der Waals surface area contributed by atoms with E-state index in [1.807, 2.05) is 88.3 Å². The summed E-state index contributed by atoms with van der Waals surface area (Å²) >= 11 is 0. The van der Waals surface area contributed by atoms with Crippen LogP contribution in [0.2, 0.25) is 0 Å². The maximum atomic E-state index is 3.97. The third-order valence-electron chi connectivity index (χ3n) is 4.84. The highest BCUT2D eigenvalue weighted by Gasteiger charge is 2.01. The summed E-state index contributed by atoms with van der Waals surface area (Å²) in [5, 5.41) is 54.3. The van der Waals surface area contributed by atoms with Crippen molar-refractivity contribution in [1.82, 2.24) is 60.6 Å². The fraction of sp³-hybridized carbons (Fsp3) is 0.548. The van der Waals surface area contributed by atoms with Crippen molar-refractivity contribution < 1.29 is 0 Å². The lowest BCUT2D eigenvalue weighted by atomic mass is 10.4. The minimum atomic E-state index is 0.0694. The van der Waals surface area contributed by atoms with Crippen molar-refractivity contribution in [3.8, 4) is 0 Å². The van der Waals surface area contributed by atoms with Gasteiger partial charge in [-0.15, -0.1) is 25.5 Å². The fourth-order valence-electron chi connectivity index (χ4n) is 2.50. The Morgan fingerprint density at radius 3 is 1.69 bits per heavy atom. The molecule has 1 atom stereocenters. The average molecular weight is 707 g/mol. The van der Waals surface area contributed by atoms with Gasteiger partial charge in [0.2, 0.25) is 0 Å². The molecule has 7 rings (SSSR count). The molecule has 278 valence electrons. The van der Waals surface area contributed by atoms with Gasteiger partial charge in [0.15, 0.2) is 12.0 Å². The fourth-order valence-corrected chi connectivity index (χ4v) is 2.50. The third kappa shape index (κ3) is 28.9. The van der Waals surface area contributed by atoms with E-state index < -0.39 is 0 Å². The first kappa shape index (κ1) is 47.3. The molecule has 0 aliphatic carbocycles. The Morgan fingerprint density at radius 2 is 1.51 bits per heavy atom. The van der Waals surface area contributed by atoms with E-state index in [4.69, 9.17) is 0 Å². The lowest BCUT2D eigenvalue weighted by Gasteiger charge is -1.82. The second-order valence-electron chi connectivity index (χ2n) is 9.53. The molecule has 0 amide bonds. The number of tetrazole rings is 2. The molecule has 4 aromatic heterocycles. The lowest BCUT2D eigenvalue weighted by molar-refractivity contribution is 0.629. The van der Waals surface area contributed by atoms with Crippen LogP contribution in [-0.2, 0) is 14.1 Å². The largest absolute Gasteiger partial charge is 0.261 e. The molecule has 0 radical (unpaired) electrons. The number of aryl methyl sites for hydroxylation is 6. The Bertz CT molecular complexity index is 1490. The van der Waals surface area contributed by atoms with Crippen LogP contribution in [0.1, 0.15) is 78.4 Å². The van der Waals surface area contributed by atoms with E-state index in [1.54, 1.807) is 56.7 Å². The van der Waals surface area contributed by atoms with Gasteiger partial charge in [0.1, 0.15) is 18.2 Å². The predicted molar refractivity (Wildman–Crippen MR) is 197 cm³/mol. The molecule has 0 bridgehead atoms. The second-order valence-corrected chi connectivity index (χ2v) is 9.53.